The van der Waals surface area contributed by atoms with Crippen molar-refractivity contribution in [2.75, 3.05) is 39.6 Å². The van der Waals surface area contributed by atoms with E-state index >= 15 is 0 Å². The highest BCUT2D eigenvalue weighted by atomic mass is 31.2. The van der Waals surface area contributed by atoms with Crippen LogP contribution in [0.15, 0.2) is 11.6 Å². The van der Waals surface area contributed by atoms with Crippen LogP contribution in [0.4, 0.5) is 4.79 Å². The second-order valence-electron chi connectivity index (χ2n) is 17.1. The van der Waals surface area contributed by atoms with E-state index in [1.165, 1.54) is 56.9 Å². The number of fused-ring (bicyclic) bond motifs is 5. The van der Waals surface area contributed by atoms with Crippen LogP contribution < -0.4 is 5.32 Å². The highest BCUT2D eigenvalue weighted by molar-refractivity contribution is 7.53. The van der Waals surface area contributed by atoms with E-state index in [1.807, 2.05) is 0 Å². The maximum atomic E-state index is 12.6. The van der Waals surface area contributed by atoms with Crippen molar-refractivity contribution < 1.29 is 38.1 Å². The summed E-state index contributed by atoms with van der Waals surface area (Å²) in [6.07, 6.45) is 15.6. The summed E-state index contributed by atoms with van der Waals surface area (Å²) in [7, 11) is -3.71. The van der Waals surface area contributed by atoms with Gasteiger partial charge in [-0.25, -0.2) is 4.79 Å². The summed E-state index contributed by atoms with van der Waals surface area (Å²) in [5.41, 5.74) is 1.76. The van der Waals surface area contributed by atoms with E-state index in [9.17, 15) is 19.4 Å². The molecular formula is C39H70NO8P. The van der Waals surface area contributed by atoms with Crippen LogP contribution in [0.1, 0.15) is 126 Å². The number of aliphatic hydroxyl groups is 1. The summed E-state index contributed by atoms with van der Waals surface area (Å²) >= 11 is 0. The zero-order chi connectivity index (χ0) is 35.8. The zero-order valence-electron chi connectivity index (χ0n) is 31.8. The molecule has 4 aliphatic carbocycles. The molecule has 0 aromatic heterocycles. The molecule has 0 saturated heterocycles. The van der Waals surface area contributed by atoms with Gasteiger partial charge >= 0.3 is 13.7 Å². The highest BCUT2D eigenvalue weighted by Crippen LogP contribution is 2.67. The van der Waals surface area contributed by atoms with Crippen LogP contribution in [0, 0.1) is 46.3 Å². The molecule has 0 aromatic carbocycles. The monoisotopic (exact) mass is 711 g/mol. The molecule has 0 aliphatic heterocycles. The lowest BCUT2D eigenvalue weighted by Gasteiger charge is -2.58. The molecule has 4 aliphatic rings. The van der Waals surface area contributed by atoms with Gasteiger partial charge in [0.2, 0.25) is 0 Å². The van der Waals surface area contributed by atoms with Gasteiger partial charge in [0.15, 0.2) is 0 Å². The lowest BCUT2D eigenvalue weighted by atomic mass is 9.47. The molecule has 3 N–H and O–H groups in total. The van der Waals surface area contributed by atoms with E-state index in [-0.39, 0.29) is 37.4 Å². The Morgan fingerprint density at radius 3 is 2.45 bits per heavy atom. The van der Waals surface area contributed by atoms with E-state index in [0.717, 1.165) is 54.8 Å². The predicted octanol–water partition coefficient (Wildman–Crippen LogP) is 8.52. The molecule has 0 aromatic rings. The Hall–Kier alpha value is -0.960. The van der Waals surface area contributed by atoms with Crippen molar-refractivity contribution in [3.05, 3.63) is 11.6 Å². The summed E-state index contributed by atoms with van der Waals surface area (Å²) in [5.74, 6) is 4.94. The third-order valence-electron chi connectivity index (χ3n) is 13.1. The maximum absolute atomic E-state index is 12.6. The molecule has 0 spiro atoms. The van der Waals surface area contributed by atoms with E-state index in [2.05, 4.69) is 46.0 Å². The molecule has 10 atom stereocenters. The number of alkyl carbamates (subject to hydrolysis) is 1. The van der Waals surface area contributed by atoms with Crippen molar-refractivity contribution in [2.45, 2.75) is 143 Å². The Morgan fingerprint density at radius 2 is 1.71 bits per heavy atom. The van der Waals surface area contributed by atoms with Crippen LogP contribution in [-0.4, -0.2) is 73.5 Å². The lowest BCUT2D eigenvalue weighted by Crippen LogP contribution is -2.51. The van der Waals surface area contributed by atoms with Crippen LogP contribution in [0.2, 0.25) is 0 Å². The fourth-order valence-corrected chi connectivity index (χ4v) is 10.8. The van der Waals surface area contributed by atoms with Gasteiger partial charge in [0.25, 0.3) is 0 Å². The maximum Gasteiger partial charge on any atom is 0.407 e. The number of allylic oxidation sites excluding steroid dienone is 1. The summed E-state index contributed by atoms with van der Waals surface area (Å²) < 4.78 is 33.5. The molecule has 10 unspecified atom stereocenters. The predicted molar refractivity (Wildman–Crippen MR) is 194 cm³/mol. The van der Waals surface area contributed by atoms with Crippen molar-refractivity contribution in [1.29, 1.82) is 0 Å². The van der Waals surface area contributed by atoms with Crippen LogP contribution in [-0.2, 0) is 23.3 Å². The Labute approximate surface area is 297 Å². The molecule has 0 radical (unpaired) electrons. The Balaban J connectivity index is 1.11. The molecule has 284 valence electrons. The van der Waals surface area contributed by atoms with Gasteiger partial charge in [0.05, 0.1) is 32.1 Å². The first-order valence-corrected chi connectivity index (χ1v) is 21.3. The van der Waals surface area contributed by atoms with Crippen molar-refractivity contribution >= 4 is 13.7 Å². The summed E-state index contributed by atoms with van der Waals surface area (Å²) in [5, 5.41) is 12.8. The van der Waals surface area contributed by atoms with Crippen LogP contribution in [0.5, 0.6) is 0 Å². The third kappa shape index (κ3) is 10.6. The number of carbonyl (C=O) groups excluding carboxylic acids is 1. The molecule has 9 nitrogen and oxygen atoms in total. The number of nitrogens with one attached hydrogen (secondary N) is 1. The second-order valence-corrected chi connectivity index (χ2v) is 19.6. The minimum atomic E-state index is -3.71. The normalized spacial score (nSPS) is 33.6. The van der Waals surface area contributed by atoms with Gasteiger partial charge in [-0.05, 0) is 97.7 Å². The van der Waals surface area contributed by atoms with Crippen molar-refractivity contribution in [3.8, 4) is 0 Å². The summed E-state index contributed by atoms with van der Waals surface area (Å²) in [4.78, 5) is 22.3. The summed E-state index contributed by atoms with van der Waals surface area (Å²) in [6.45, 7) is 16.9. The minimum Gasteiger partial charge on any atom is -0.446 e. The first kappa shape index (κ1) is 40.8. The average Bonchev–Trinajstić information content (AvgIpc) is 3.40. The topological polar surface area (TPSA) is 124 Å². The molecule has 1 amide bonds. The van der Waals surface area contributed by atoms with Crippen molar-refractivity contribution in [2.24, 2.45) is 46.3 Å². The van der Waals surface area contributed by atoms with E-state index in [0.29, 0.717) is 31.6 Å². The zero-order valence-corrected chi connectivity index (χ0v) is 32.7. The number of hydrogen-bond donors (Lipinski definition) is 3. The number of hydrogen-bond acceptors (Lipinski definition) is 7. The molecule has 3 saturated carbocycles. The van der Waals surface area contributed by atoms with Crippen LogP contribution in [0.3, 0.4) is 0 Å². The second kappa shape index (κ2) is 18.2. The molecule has 0 bridgehead atoms. The van der Waals surface area contributed by atoms with Crippen LogP contribution >= 0.6 is 7.60 Å². The van der Waals surface area contributed by atoms with Gasteiger partial charge in [0.1, 0.15) is 12.2 Å². The third-order valence-corrected chi connectivity index (χ3v) is 14.9. The Kier molecular flexibility index (Phi) is 15.1. The van der Waals surface area contributed by atoms with Crippen molar-refractivity contribution in [1.82, 2.24) is 5.32 Å². The smallest absolute Gasteiger partial charge is 0.407 e. The SMILES string of the molecule is CC(C)CCCC(C)C1CCC2C3CC=C4CC(OC(=O)NCCCOCCOCC(O)COP(=O)(O)C(C)C)CCC4(C)C3CCC12C. The standard InChI is InChI=1S/C39H70NO8P/c1-27(2)10-8-11-29(5)34-14-15-35-33-13-12-30-24-32(16-18-38(30,6)36(33)17-19-39(34,35)7)48-37(42)40-20-9-21-45-22-23-46-25-31(41)26-47-49(43,44)28(3)4/h12,27-29,31-36,41H,8-11,13-26H2,1-7H3,(H,40,42)(H,43,44). The fourth-order valence-electron chi connectivity index (χ4n) is 10.1. The molecule has 49 heavy (non-hydrogen) atoms. The fraction of sp³-hybridized carbons (Fsp3) is 0.923. The summed E-state index contributed by atoms with van der Waals surface area (Å²) in [6, 6.07) is 0. The molecule has 3 fully saturated rings. The lowest BCUT2D eigenvalue weighted by molar-refractivity contribution is -0.0581. The number of carbonyl (C=O) groups is 1. The number of amides is 1. The first-order chi connectivity index (χ1) is 23.2. The molecular weight excluding hydrogens is 641 g/mol. The minimum absolute atomic E-state index is 0.00813. The van der Waals surface area contributed by atoms with Gasteiger partial charge in [-0.3, -0.25) is 4.57 Å². The van der Waals surface area contributed by atoms with E-state index in [4.69, 9.17) is 18.7 Å². The number of rotatable bonds is 19. The Morgan fingerprint density at radius 1 is 0.959 bits per heavy atom. The van der Waals surface area contributed by atoms with Gasteiger partial charge in [-0.15, -0.1) is 0 Å². The molecule has 10 heteroatoms. The number of aliphatic hydroxyl groups excluding tert-OH is 1. The van der Waals surface area contributed by atoms with Gasteiger partial charge < -0.3 is 34.1 Å². The van der Waals surface area contributed by atoms with Gasteiger partial charge in [-0.1, -0.05) is 79.4 Å². The Bertz CT molecular complexity index is 1130. The van der Waals surface area contributed by atoms with Crippen molar-refractivity contribution in [3.63, 3.8) is 0 Å². The molecule has 0 heterocycles. The largest absolute Gasteiger partial charge is 0.446 e. The van der Waals surface area contributed by atoms with Crippen LogP contribution in [0.25, 0.3) is 0 Å². The van der Waals surface area contributed by atoms with Gasteiger partial charge in [0, 0.05) is 19.6 Å². The average molecular weight is 712 g/mol. The number of ether oxygens (including phenoxy) is 3. The highest BCUT2D eigenvalue weighted by Gasteiger charge is 2.59. The van der Waals surface area contributed by atoms with E-state index in [1.54, 1.807) is 13.8 Å². The van der Waals surface area contributed by atoms with E-state index < -0.39 is 19.4 Å². The quantitative estimate of drug-likeness (QED) is 0.0693. The molecule has 4 rings (SSSR count). The first-order valence-electron chi connectivity index (χ1n) is 19.6. The van der Waals surface area contributed by atoms with Gasteiger partial charge in [-0.2, -0.15) is 0 Å².